The van der Waals surface area contributed by atoms with E-state index in [1.54, 1.807) is 25.1 Å². The summed E-state index contributed by atoms with van der Waals surface area (Å²) in [6, 6.07) is 11.0. The Kier molecular flexibility index (Phi) is 3.99. The van der Waals surface area contributed by atoms with Crippen LogP contribution in [0.2, 0.25) is 0 Å². The van der Waals surface area contributed by atoms with Crippen molar-refractivity contribution < 1.29 is 9.15 Å². The van der Waals surface area contributed by atoms with Crippen molar-refractivity contribution in [2.75, 3.05) is 0 Å². The molecule has 3 aromatic heterocycles. The number of ether oxygens (including phenoxy) is 1. The van der Waals surface area contributed by atoms with Gasteiger partial charge in [0.2, 0.25) is 5.88 Å². The molecule has 1 atom stereocenters. The summed E-state index contributed by atoms with van der Waals surface area (Å²) in [7, 11) is 0. The lowest BCUT2D eigenvalue weighted by Crippen LogP contribution is -2.33. The first-order valence-electron chi connectivity index (χ1n) is 9.09. The van der Waals surface area contributed by atoms with Crippen LogP contribution in [-0.2, 0) is 6.54 Å². The van der Waals surface area contributed by atoms with Crippen LogP contribution in [0.4, 0.5) is 0 Å². The van der Waals surface area contributed by atoms with Gasteiger partial charge in [0.15, 0.2) is 5.75 Å². The summed E-state index contributed by atoms with van der Waals surface area (Å²) in [4.78, 5) is 31.8. The summed E-state index contributed by atoms with van der Waals surface area (Å²) < 4.78 is 13.2. The van der Waals surface area contributed by atoms with Gasteiger partial charge in [0.05, 0.1) is 22.4 Å². The van der Waals surface area contributed by atoms with Gasteiger partial charge >= 0.3 is 5.63 Å². The summed E-state index contributed by atoms with van der Waals surface area (Å²) in [5, 5.41) is 2.58. The molecule has 1 aromatic carbocycles. The lowest BCUT2D eigenvalue weighted by Gasteiger charge is -2.27. The molecule has 1 aliphatic rings. The highest BCUT2D eigenvalue weighted by molar-refractivity contribution is 7.10. The molecule has 0 radical (unpaired) electrons. The number of hydrogen-bond donors (Lipinski definition) is 0. The normalized spacial score (nSPS) is 14.9. The SMILES string of the molecule is C=CCn1c(C)nc2c(c1=O)[C@H](c1cccs1)c1c(c3ccccc3oc1=O)O2. The molecule has 4 aromatic rings. The van der Waals surface area contributed by atoms with E-state index in [0.717, 1.165) is 4.88 Å². The third-order valence-electron chi connectivity index (χ3n) is 5.07. The zero-order valence-corrected chi connectivity index (χ0v) is 16.4. The molecule has 6 nitrogen and oxygen atoms in total. The second-order valence-electron chi connectivity index (χ2n) is 6.76. The molecule has 4 heterocycles. The van der Waals surface area contributed by atoms with E-state index in [-0.39, 0.29) is 11.4 Å². The van der Waals surface area contributed by atoms with Gasteiger partial charge in [-0.25, -0.2) is 4.79 Å². The lowest BCUT2D eigenvalue weighted by atomic mass is 9.88. The predicted molar refractivity (Wildman–Crippen MR) is 111 cm³/mol. The number of rotatable bonds is 3. The maximum Gasteiger partial charge on any atom is 0.344 e. The molecule has 7 heteroatoms. The molecule has 0 unspecified atom stereocenters. The fraction of sp³-hybridized carbons (Fsp3) is 0.136. The summed E-state index contributed by atoms with van der Waals surface area (Å²) in [6.07, 6.45) is 1.64. The van der Waals surface area contributed by atoms with E-state index in [1.165, 1.54) is 15.9 Å². The van der Waals surface area contributed by atoms with Crippen molar-refractivity contribution in [2.45, 2.75) is 19.4 Å². The van der Waals surface area contributed by atoms with E-state index < -0.39 is 11.5 Å². The Morgan fingerprint density at radius 1 is 1.21 bits per heavy atom. The van der Waals surface area contributed by atoms with E-state index in [1.807, 2.05) is 29.6 Å². The van der Waals surface area contributed by atoms with Gasteiger partial charge in [-0.2, -0.15) is 4.98 Å². The quantitative estimate of drug-likeness (QED) is 0.333. The van der Waals surface area contributed by atoms with E-state index in [2.05, 4.69) is 11.6 Å². The second-order valence-corrected chi connectivity index (χ2v) is 7.74. The Morgan fingerprint density at radius 2 is 2.03 bits per heavy atom. The van der Waals surface area contributed by atoms with E-state index in [9.17, 15) is 9.59 Å². The minimum atomic E-state index is -0.605. The molecule has 0 saturated heterocycles. The van der Waals surface area contributed by atoms with Gasteiger partial charge in [0.1, 0.15) is 11.4 Å². The van der Waals surface area contributed by atoms with Crippen LogP contribution in [0.25, 0.3) is 11.0 Å². The van der Waals surface area contributed by atoms with Gasteiger partial charge in [-0.05, 0) is 30.5 Å². The zero-order chi connectivity index (χ0) is 20.1. The summed E-state index contributed by atoms with van der Waals surface area (Å²) in [6.45, 7) is 5.79. The Labute approximate surface area is 169 Å². The summed E-state index contributed by atoms with van der Waals surface area (Å²) in [5.74, 6) is 0.547. The molecular formula is C22H16N2O4S. The minimum Gasteiger partial charge on any atom is -0.437 e. The first-order chi connectivity index (χ1) is 14.1. The maximum atomic E-state index is 13.4. The van der Waals surface area contributed by atoms with Crippen LogP contribution in [0.15, 0.2) is 68.4 Å². The average molecular weight is 404 g/mol. The zero-order valence-electron chi connectivity index (χ0n) is 15.5. The van der Waals surface area contributed by atoms with Crippen molar-refractivity contribution in [3.63, 3.8) is 0 Å². The van der Waals surface area contributed by atoms with Crippen LogP contribution in [-0.4, -0.2) is 9.55 Å². The lowest BCUT2D eigenvalue weighted by molar-refractivity contribution is 0.414. The number of aryl methyl sites for hydroxylation is 1. The molecule has 0 saturated carbocycles. The number of thiophene rings is 1. The molecule has 0 fully saturated rings. The number of fused-ring (bicyclic) bond motifs is 4. The number of nitrogens with zero attached hydrogens (tertiary/aromatic N) is 2. The third-order valence-corrected chi connectivity index (χ3v) is 6.01. The van der Waals surface area contributed by atoms with Crippen LogP contribution in [0.1, 0.15) is 27.7 Å². The monoisotopic (exact) mass is 404 g/mol. The van der Waals surface area contributed by atoms with Crippen LogP contribution in [0, 0.1) is 6.92 Å². The fourth-order valence-corrected chi connectivity index (χ4v) is 4.64. The Bertz CT molecular complexity index is 1380. The van der Waals surface area contributed by atoms with Crippen molar-refractivity contribution in [1.82, 2.24) is 9.55 Å². The highest BCUT2D eigenvalue weighted by atomic mass is 32.1. The topological polar surface area (TPSA) is 74.3 Å². The van der Waals surface area contributed by atoms with E-state index in [0.29, 0.717) is 40.2 Å². The smallest absolute Gasteiger partial charge is 0.344 e. The largest absolute Gasteiger partial charge is 0.437 e. The standard InChI is InChI=1S/C22H16N2O4S/c1-3-10-24-12(2)23-20-18(21(24)25)16(15-9-6-11-29-15)17-19(28-20)13-7-4-5-8-14(13)27-22(17)26/h3-9,11,16H,1,10H2,2H3/t16-/m1/s1. The van der Waals surface area contributed by atoms with Gasteiger partial charge in [-0.15, -0.1) is 17.9 Å². The van der Waals surface area contributed by atoms with Gasteiger partial charge in [0.25, 0.3) is 5.56 Å². The number of para-hydroxylation sites is 1. The van der Waals surface area contributed by atoms with Crippen LogP contribution >= 0.6 is 11.3 Å². The maximum absolute atomic E-state index is 13.4. The molecule has 144 valence electrons. The molecule has 1 aliphatic heterocycles. The first-order valence-corrected chi connectivity index (χ1v) is 9.97. The molecule has 0 amide bonds. The van der Waals surface area contributed by atoms with Crippen molar-refractivity contribution >= 4 is 22.3 Å². The van der Waals surface area contributed by atoms with Gasteiger partial charge in [-0.3, -0.25) is 9.36 Å². The fourth-order valence-electron chi connectivity index (χ4n) is 3.80. The Morgan fingerprint density at radius 3 is 2.79 bits per heavy atom. The van der Waals surface area contributed by atoms with Crippen molar-refractivity contribution in [1.29, 1.82) is 0 Å². The number of hydrogen-bond acceptors (Lipinski definition) is 6. The van der Waals surface area contributed by atoms with E-state index >= 15 is 0 Å². The van der Waals surface area contributed by atoms with Crippen molar-refractivity contribution in [3.05, 3.63) is 97.0 Å². The molecule has 0 spiro atoms. The molecule has 0 aliphatic carbocycles. The van der Waals surface area contributed by atoms with Crippen molar-refractivity contribution in [2.24, 2.45) is 0 Å². The molecule has 5 rings (SSSR count). The Balaban J connectivity index is 1.91. The third kappa shape index (κ3) is 2.58. The summed E-state index contributed by atoms with van der Waals surface area (Å²) in [5.41, 5.74) is 0.338. The predicted octanol–water partition coefficient (Wildman–Crippen LogP) is 4.19. The number of allylic oxidation sites excluding steroid dienone is 1. The second kappa shape index (κ2) is 6.56. The van der Waals surface area contributed by atoms with Gasteiger partial charge in [0, 0.05) is 11.4 Å². The van der Waals surface area contributed by atoms with Crippen LogP contribution < -0.4 is 15.9 Å². The van der Waals surface area contributed by atoms with Crippen LogP contribution in [0.5, 0.6) is 11.6 Å². The van der Waals surface area contributed by atoms with E-state index in [4.69, 9.17) is 9.15 Å². The average Bonchev–Trinajstić information content (AvgIpc) is 3.24. The van der Waals surface area contributed by atoms with Gasteiger partial charge < -0.3 is 9.15 Å². The molecular weight excluding hydrogens is 388 g/mol. The Hall–Kier alpha value is -3.45. The minimum absolute atomic E-state index is 0.231. The first kappa shape index (κ1) is 17.6. The molecule has 0 N–H and O–H groups in total. The number of aromatic nitrogens is 2. The number of benzene rings is 1. The highest BCUT2D eigenvalue weighted by Crippen LogP contribution is 2.47. The van der Waals surface area contributed by atoms with Gasteiger partial charge in [-0.1, -0.05) is 24.3 Å². The highest BCUT2D eigenvalue weighted by Gasteiger charge is 2.38. The van der Waals surface area contributed by atoms with Crippen LogP contribution in [0.3, 0.4) is 0 Å². The summed E-state index contributed by atoms with van der Waals surface area (Å²) >= 11 is 1.47. The molecule has 0 bridgehead atoms. The molecule has 29 heavy (non-hydrogen) atoms. The van der Waals surface area contributed by atoms with Crippen molar-refractivity contribution in [3.8, 4) is 11.6 Å².